The van der Waals surface area contributed by atoms with E-state index in [9.17, 15) is 0 Å². The van der Waals surface area contributed by atoms with Crippen LogP contribution >= 0.6 is 0 Å². The fourth-order valence-electron chi connectivity index (χ4n) is 2.36. The predicted octanol–water partition coefficient (Wildman–Crippen LogP) is 2.51. The summed E-state index contributed by atoms with van der Waals surface area (Å²) < 4.78 is 7.81. The number of rotatable bonds is 4. The fourth-order valence-corrected chi connectivity index (χ4v) is 2.36. The van der Waals surface area contributed by atoms with E-state index >= 15 is 0 Å². The molecular formula is C16H17N5O. The summed E-state index contributed by atoms with van der Waals surface area (Å²) in [5.41, 5.74) is 3.62. The highest BCUT2D eigenvalue weighted by atomic mass is 16.5. The summed E-state index contributed by atoms with van der Waals surface area (Å²) in [4.78, 5) is 17.5. The normalized spacial score (nSPS) is 15.9. The summed E-state index contributed by atoms with van der Waals surface area (Å²) >= 11 is 0. The summed E-state index contributed by atoms with van der Waals surface area (Å²) in [6.07, 6.45) is 7.42. The van der Waals surface area contributed by atoms with Crippen LogP contribution < -0.4 is 4.74 Å². The lowest BCUT2D eigenvalue weighted by molar-refractivity contribution is 0.183. The summed E-state index contributed by atoms with van der Waals surface area (Å²) in [5, 5.41) is 0. The Balaban J connectivity index is 1.66. The van der Waals surface area contributed by atoms with E-state index in [1.165, 1.54) is 5.56 Å². The van der Waals surface area contributed by atoms with Gasteiger partial charge in [-0.3, -0.25) is 4.98 Å². The van der Waals surface area contributed by atoms with E-state index in [2.05, 4.69) is 39.8 Å². The topological polar surface area (TPSA) is 65.7 Å². The number of hydrogen-bond donors (Lipinski definition) is 0. The number of aryl methyl sites for hydroxylation is 1. The van der Waals surface area contributed by atoms with Crippen LogP contribution in [0.25, 0.3) is 11.2 Å². The van der Waals surface area contributed by atoms with Gasteiger partial charge in [0, 0.05) is 6.20 Å². The molecule has 0 aliphatic heterocycles. The average Bonchev–Trinajstić information content (AvgIpc) is 3.08. The summed E-state index contributed by atoms with van der Waals surface area (Å²) in [5.74, 6) is 0. The SMILES string of the molecule is Cc1ccnc(Cn2cnc3cnc(OC4(C)CC4)nc32)c1. The van der Waals surface area contributed by atoms with Crippen LogP contribution in [-0.4, -0.2) is 30.1 Å². The Morgan fingerprint density at radius 2 is 2.14 bits per heavy atom. The number of imidazole rings is 1. The lowest BCUT2D eigenvalue weighted by atomic mass is 10.2. The van der Waals surface area contributed by atoms with E-state index in [4.69, 9.17) is 4.74 Å². The van der Waals surface area contributed by atoms with Gasteiger partial charge in [0.1, 0.15) is 11.1 Å². The molecule has 0 amide bonds. The van der Waals surface area contributed by atoms with Gasteiger partial charge in [-0.1, -0.05) is 0 Å². The van der Waals surface area contributed by atoms with Crippen LogP contribution in [-0.2, 0) is 6.54 Å². The van der Waals surface area contributed by atoms with Gasteiger partial charge in [0.15, 0.2) is 5.65 Å². The van der Waals surface area contributed by atoms with Crippen LogP contribution in [0.2, 0.25) is 0 Å². The molecule has 3 aromatic heterocycles. The fraction of sp³-hybridized carbons (Fsp3) is 0.375. The Hall–Kier alpha value is -2.50. The molecule has 0 N–H and O–H groups in total. The number of hydrogen-bond acceptors (Lipinski definition) is 5. The van der Waals surface area contributed by atoms with Crippen molar-refractivity contribution < 1.29 is 4.74 Å². The monoisotopic (exact) mass is 295 g/mol. The van der Waals surface area contributed by atoms with Crippen molar-refractivity contribution in [3.8, 4) is 6.01 Å². The number of ether oxygens (including phenoxy) is 1. The maximum absolute atomic E-state index is 5.84. The Bertz CT molecular complexity index is 837. The molecule has 1 fully saturated rings. The zero-order valence-corrected chi connectivity index (χ0v) is 12.7. The van der Waals surface area contributed by atoms with E-state index in [-0.39, 0.29) is 5.60 Å². The summed E-state index contributed by atoms with van der Waals surface area (Å²) in [6, 6.07) is 4.47. The smallest absolute Gasteiger partial charge is 0.319 e. The van der Waals surface area contributed by atoms with E-state index < -0.39 is 0 Å². The van der Waals surface area contributed by atoms with Gasteiger partial charge in [0.05, 0.1) is 24.8 Å². The Labute approximate surface area is 128 Å². The van der Waals surface area contributed by atoms with Crippen LogP contribution in [0.5, 0.6) is 6.01 Å². The molecule has 1 aliphatic rings. The third-order valence-electron chi connectivity index (χ3n) is 3.93. The molecule has 112 valence electrons. The molecule has 6 nitrogen and oxygen atoms in total. The average molecular weight is 295 g/mol. The Kier molecular flexibility index (Phi) is 2.85. The van der Waals surface area contributed by atoms with Crippen LogP contribution in [0.15, 0.2) is 30.9 Å². The molecule has 3 heterocycles. The van der Waals surface area contributed by atoms with E-state index in [1.54, 1.807) is 12.5 Å². The van der Waals surface area contributed by atoms with Gasteiger partial charge < -0.3 is 9.30 Å². The first-order valence-corrected chi connectivity index (χ1v) is 7.40. The lowest BCUT2D eigenvalue weighted by Crippen LogP contribution is -2.14. The second kappa shape index (κ2) is 4.76. The largest absolute Gasteiger partial charge is 0.457 e. The molecule has 0 bridgehead atoms. The van der Waals surface area contributed by atoms with E-state index in [0.29, 0.717) is 12.6 Å². The van der Waals surface area contributed by atoms with Crippen molar-refractivity contribution >= 4 is 11.2 Å². The van der Waals surface area contributed by atoms with Gasteiger partial charge >= 0.3 is 6.01 Å². The molecule has 0 spiro atoms. The Morgan fingerprint density at radius 1 is 1.27 bits per heavy atom. The zero-order chi connectivity index (χ0) is 15.2. The first-order chi connectivity index (χ1) is 10.6. The molecule has 0 radical (unpaired) electrons. The molecule has 1 saturated carbocycles. The van der Waals surface area contributed by atoms with Crippen molar-refractivity contribution in [3.63, 3.8) is 0 Å². The minimum atomic E-state index is -0.0867. The van der Waals surface area contributed by atoms with Crippen LogP contribution in [0.3, 0.4) is 0 Å². The first-order valence-electron chi connectivity index (χ1n) is 7.40. The van der Waals surface area contributed by atoms with Crippen LogP contribution in [0.1, 0.15) is 31.0 Å². The third kappa shape index (κ3) is 2.52. The van der Waals surface area contributed by atoms with Crippen molar-refractivity contribution in [1.29, 1.82) is 0 Å². The maximum atomic E-state index is 5.84. The third-order valence-corrected chi connectivity index (χ3v) is 3.93. The first kappa shape index (κ1) is 13.2. The number of aromatic nitrogens is 5. The van der Waals surface area contributed by atoms with Crippen molar-refractivity contribution in [3.05, 3.63) is 42.1 Å². The molecule has 0 aromatic carbocycles. The van der Waals surface area contributed by atoms with Gasteiger partial charge in [-0.2, -0.15) is 4.98 Å². The van der Waals surface area contributed by atoms with E-state index in [1.807, 2.05) is 16.8 Å². The van der Waals surface area contributed by atoms with Gasteiger partial charge in [0.2, 0.25) is 0 Å². The van der Waals surface area contributed by atoms with Crippen molar-refractivity contribution in [1.82, 2.24) is 24.5 Å². The molecule has 4 rings (SSSR count). The number of fused-ring (bicyclic) bond motifs is 1. The molecule has 0 atom stereocenters. The quantitative estimate of drug-likeness (QED) is 0.740. The molecule has 0 unspecified atom stereocenters. The summed E-state index contributed by atoms with van der Waals surface area (Å²) in [7, 11) is 0. The van der Waals surface area contributed by atoms with Crippen LogP contribution in [0.4, 0.5) is 0 Å². The highest BCUT2D eigenvalue weighted by Crippen LogP contribution is 2.38. The second-order valence-corrected chi connectivity index (χ2v) is 6.11. The molecule has 6 heteroatoms. The van der Waals surface area contributed by atoms with Crippen LogP contribution in [0, 0.1) is 6.92 Å². The molecule has 1 aliphatic carbocycles. The zero-order valence-electron chi connectivity index (χ0n) is 12.7. The van der Waals surface area contributed by atoms with Crippen molar-refractivity contribution in [2.24, 2.45) is 0 Å². The van der Waals surface area contributed by atoms with Gasteiger partial charge in [-0.15, -0.1) is 0 Å². The molecule has 0 saturated heterocycles. The number of pyridine rings is 1. The summed E-state index contributed by atoms with van der Waals surface area (Å²) in [6.45, 7) is 4.77. The molecule has 22 heavy (non-hydrogen) atoms. The minimum absolute atomic E-state index is 0.0867. The van der Waals surface area contributed by atoms with Crippen molar-refractivity contribution in [2.45, 2.75) is 38.8 Å². The van der Waals surface area contributed by atoms with Crippen molar-refractivity contribution in [2.75, 3.05) is 0 Å². The Morgan fingerprint density at radius 3 is 2.91 bits per heavy atom. The highest BCUT2D eigenvalue weighted by molar-refractivity contribution is 5.69. The van der Waals surface area contributed by atoms with Gasteiger partial charge in [-0.05, 0) is 44.4 Å². The van der Waals surface area contributed by atoms with E-state index in [0.717, 1.165) is 29.7 Å². The standard InChI is InChI=1S/C16H17N5O/c1-11-3-6-17-12(7-11)9-21-10-19-13-8-18-15(20-14(13)21)22-16(2)4-5-16/h3,6-8,10H,4-5,9H2,1-2H3. The molecule has 3 aromatic rings. The second-order valence-electron chi connectivity index (χ2n) is 6.11. The minimum Gasteiger partial charge on any atom is -0.457 e. The predicted molar refractivity (Wildman–Crippen MR) is 81.7 cm³/mol. The highest BCUT2D eigenvalue weighted by Gasteiger charge is 2.41. The molecular weight excluding hydrogens is 278 g/mol. The van der Waals surface area contributed by atoms with Gasteiger partial charge in [-0.25, -0.2) is 9.97 Å². The lowest BCUT2D eigenvalue weighted by Gasteiger charge is -2.10. The van der Waals surface area contributed by atoms with Gasteiger partial charge in [0.25, 0.3) is 0 Å². The number of nitrogens with zero attached hydrogens (tertiary/aromatic N) is 5. The maximum Gasteiger partial charge on any atom is 0.319 e.